The van der Waals surface area contributed by atoms with Gasteiger partial charge in [0.2, 0.25) is 11.9 Å². The lowest BCUT2D eigenvalue weighted by Crippen LogP contribution is -2.38. The zero-order valence-electron chi connectivity index (χ0n) is 14.7. The smallest absolute Gasteiger partial charge is 0.224 e. The van der Waals surface area contributed by atoms with E-state index in [0.717, 1.165) is 51.3 Å². The quantitative estimate of drug-likeness (QED) is 0.918. The number of hydrogen-bond acceptors (Lipinski definition) is 5. The van der Waals surface area contributed by atoms with E-state index in [1.807, 2.05) is 13.1 Å². The molecule has 3 rings (SSSR count). The molecular weight excluding hydrogens is 302 g/mol. The van der Waals surface area contributed by atoms with Crippen molar-refractivity contribution < 1.29 is 4.79 Å². The van der Waals surface area contributed by atoms with Gasteiger partial charge in [0.15, 0.2) is 0 Å². The Morgan fingerprint density at radius 2 is 1.88 bits per heavy atom. The maximum Gasteiger partial charge on any atom is 0.224 e. The van der Waals surface area contributed by atoms with Gasteiger partial charge in [-0.2, -0.15) is 4.98 Å². The lowest BCUT2D eigenvalue weighted by atomic mass is 9.93. The fourth-order valence-electron chi connectivity index (χ4n) is 3.71. The van der Waals surface area contributed by atoms with Crippen LogP contribution in [-0.4, -0.2) is 54.0 Å². The van der Waals surface area contributed by atoms with Gasteiger partial charge in [-0.3, -0.25) is 4.79 Å². The van der Waals surface area contributed by atoms with Gasteiger partial charge in [0.25, 0.3) is 0 Å². The van der Waals surface area contributed by atoms with Crippen LogP contribution in [0, 0.1) is 5.92 Å². The Kier molecular flexibility index (Phi) is 5.88. The van der Waals surface area contributed by atoms with Gasteiger partial charge >= 0.3 is 0 Å². The molecule has 2 saturated heterocycles. The van der Waals surface area contributed by atoms with Crippen LogP contribution in [0.5, 0.6) is 0 Å². The lowest BCUT2D eigenvalue weighted by Gasteiger charge is -2.33. The van der Waals surface area contributed by atoms with E-state index in [4.69, 9.17) is 0 Å². The summed E-state index contributed by atoms with van der Waals surface area (Å²) in [5.74, 6) is 2.52. The van der Waals surface area contributed by atoms with Gasteiger partial charge in [0.1, 0.15) is 5.82 Å². The number of aromatic nitrogens is 2. The number of amides is 1. The molecule has 0 spiro atoms. The highest BCUT2D eigenvalue weighted by atomic mass is 16.2. The molecule has 1 aromatic rings. The van der Waals surface area contributed by atoms with Crippen molar-refractivity contribution in [3.63, 3.8) is 0 Å². The van der Waals surface area contributed by atoms with E-state index in [1.165, 1.54) is 25.7 Å². The summed E-state index contributed by atoms with van der Waals surface area (Å²) in [6, 6.07) is 1.96. The third-order valence-electron chi connectivity index (χ3n) is 5.23. The van der Waals surface area contributed by atoms with Crippen molar-refractivity contribution in [1.29, 1.82) is 0 Å². The highest BCUT2D eigenvalue weighted by molar-refractivity contribution is 5.76. The Bertz CT molecular complexity index is 534. The molecule has 1 N–H and O–H groups in total. The minimum atomic E-state index is 0.370. The van der Waals surface area contributed by atoms with Gasteiger partial charge in [0, 0.05) is 45.8 Å². The van der Waals surface area contributed by atoms with Gasteiger partial charge in [-0.1, -0.05) is 12.8 Å². The first-order valence-corrected chi connectivity index (χ1v) is 9.30. The van der Waals surface area contributed by atoms with Crippen LogP contribution in [-0.2, 0) is 4.79 Å². The molecule has 2 aliphatic heterocycles. The van der Waals surface area contributed by atoms with Gasteiger partial charge in [-0.25, -0.2) is 4.98 Å². The SMILES string of the molecule is CNc1nccc(N2CCC(CC(=O)N3CCCCCC3)CC2)n1. The van der Waals surface area contributed by atoms with E-state index in [-0.39, 0.29) is 0 Å². The van der Waals surface area contributed by atoms with Crippen LogP contribution in [0.25, 0.3) is 0 Å². The molecule has 2 fully saturated rings. The zero-order chi connectivity index (χ0) is 16.8. The first-order valence-electron chi connectivity index (χ1n) is 9.30. The molecule has 1 aromatic heterocycles. The van der Waals surface area contributed by atoms with Crippen LogP contribution < -0.4 is 10.2 Å². The maximum absolute atomic E-state index is 12.5. The van der Waals surface area contributed by atoms with Gasteiger partial charge in [-0.15, -0.1) is 0 Å². The average Bonchev–Trinajstić information content (AvgIpc) is 2.92. The molecule has 0 unspecified atom stereocenters. The normalized spacial score (nSPS) is 19.9. The fraction of sp³-hybridized carbons (Fsp3) is 0.722. The average molecular weight is 331 g/mol. The number of piperidine rings is 1. The third-order valence-corrected chi connectivity index (χ3v) is 5.23. The highest BCUT2D eigenvalue weighted by Crippen LogP contribution is 2.25. The summed E-state index contributed by atoms with van der Waals surface area (Å²) in [7, 11) is 1.83. The number of rotatable bonds is 4. The van der Waals surface area contributed by atoms with Crippen molar-refractivity contribution in [3.05, 3.63) is 12.3 Å². The molecule has 3 heterocycles. The third kappa shape index (κ3) is 4.36. The second-order valence-electron chi connectivity index (χ2n) is 6.92. The van der Waals surface area contributed by atoms with E-state index in [1.54, 1.807) is 6.20 Å². The Labute approximate surface area is 144 Å². The predicted molar refractivity (Wildman–Crippen MR) is 96.2 cm³/mol. The molecule has 6 nitrogen and oxygen atoms in total. The lowest BCUT2D eigenvalue weighted by molar-refractivity contribution is -0.132. The molecule has 2 aliphatic rings. The van der Waals surface area contributed by atoms with Gasteiger partial charge < -0.3 is 15.1 Å². The van der Waals surface area contributed by atoms with Crippen molar-refractivity contribution in [2.75, 3.05) is 43.4 Å². The summed E-state index contributed by atoms with van der Waals surface area (Å²) in [6.45, 7) is 3.87. The molecule has 6 heteroatoms. The molecular formula is C18H29N5O. The monoisotopic (exact) mass is 331 g/mol. The molecule has 0 saturated carbocycles. The second kappa shape index (κ2) is 8.31. The largest absolute Gasteiger partial charge is 0.357 e. The number of hydrogen-bond donors (Lipinski definition) is 1. The molecule has 24 heavy (non-hydrogen) atoms. The summed E-state index contributed by atoms with van der Waals surface area (Å²) in [5, 5.41) is 2.98. The van der Waals surface area contributed by atoms with Crippen LogP contribution in [0.1, 0.15) is 44.9 Å². The molecule has 1 amide bonds. The van der Waals surface area contributed by atoms with Crippen molar-refractivity contribution in [2.24, 2.45) is 5.92 Å². The summed E-state index contributed by atoms with van der Waals surface area (Å²) in [5.41, 5.74) is 0. The minimum Gasteiger partial charge on any atom is -0.357 e. The fourth-order valence-corrected chi connectivity index (χ4v) is 3.71. The highest BCUT2D eigenvalue weighted by Gasteiger charge is 2.25. The number of nitrogens with one attached hydrogen (secondary N) is 1. The summed E-state index contributed by atoms with van der Waals surface area (Å²) in [6.07, 6.45) is 9.54. The molecule has 0 aliphatic carbocycles. The van der Waals surface area contributed by atoms with Crippen molar-refractivity contribution in [1.82, 2.24) is 14.9 Å². The van der Waals surface area contributed by atoms with Crippen LogP contribution in [0.4, 0.5) is 11.8 Å². The van der Waals surface area contributed by atoms with Crippen molar-refractivity contribution in [2.45, 2.75) is 44.9 Å². The number of carbonyl (C=O) groups excluding carboxylic acids is 1. The van der Waals surface area contributed by atoms with E-state index in [9.17, 15) is 4.79 Å². The van der Waals surface area contributed by atoms with Gasteiger partial charge in [-0.05, 0) is 37.7 Å². The van der Waals surface area contributed by atoms with E-state index < -0.39 is 0 Å². The minimum absolute atomic E-state index is 0.370. The zero-order valence-corrected chi connectivity index (χ0v) is 14.7. The Morgan fingerprint density at radius 3 is 2.54 bits per heavy atom. The summed E-state index contributed by atoms with van der Waals surface area (Å²) < 4.78 is 0. The molecule has 0 radical (unpaired) electrons. The number of nitrogens with zero attached hydrogens (tertiary/aromatic N) is 4. The second-order valence-corrected chi connectivity index (χ2v) is 6.92. The number of carbonyl (C=O) groups is 1. The standard InChI is InChI=1S/C18H29N5O/c1-19-18-20-9-6-16(21-18)22-12-7-15(8-13-22)14-17(24)23-10-4-2-3-5-11-23/h6,9,15H,2-5,7-8,10-14H2,1H3,(H,19,20,21). The Morgan fingerprint density at radius 1 is 1.17 bits per heavy atom. The topological polar surface area (TPSA) is 61.4 Å². The summed E-state index contributed by atoms with van der Waals surface area (Å²) in [4.78, 5) is 25.6. The maximum atomic E-state index is 12.5. The Balaban J connectivity index is 1.48. The molecule has 132 valence electrons. The molecule has 0 bridgehead atoms. The number of likely N-dealkylation sites (tertiary alicyclic amines) is 1. The van der Waals surface area contributed by atoms with Crippen LogP contribution in [0.3, 0.4) is 0 Å². The van der Waals surface area contributed by atoms with E-state index >= 15 is 0 Å². The van der Waals surface area contributed by atoms with Crippen molar-refractivity contribution in [3.8, 4) is 0 Å². The van der Waals surface area contributed by atoms with Crippen molar-refractivity contribution >= 4 is 17.7 Å². The first kappa shape index (κ1) is 17.0. The van der Waals surface area contributed by atoms with Crippen LogP contribution in [0.2, 0.25) is 0 Å². The summed E-state index contributed by atoms with van der Waals surface area (Å²) >= 11 is 0. The van der Waals surface area contributed by atoms with E-state index in [2.05, 4.69) is 25.1 Å². The van der Waals surface area contributed by atoms with Crippen LogP contribution in [0.15, 0.2) is 12.3 Å². The molecule has 0 aromatic carbocycles. The number of anilines is 2. The van der Waals surface area contributed by atoms with E-state index in [0.29, 0.717) is 17.8 Å². The predicted octanol–water partition coefficient (Wildman–Crippen LogP) is 2.53. The molecule has 0 atom stereocenters. The van der Waals surface area contributed by atoms with Gasteiger partial charge in [0.05, 0.1) is 0 Å². The Hall–Kier alpha value is -1.85. The van der Waals surface area contributed by atoms with Crippen LogP contribution >= 0.6 is 0 Å². The first-order chi connectivity index (χ1) is 11.8.